The molecule has 2 aromatic carbocycles. The Kier molecular flexibility index (Phi) is 6.58. The van der Waals surface area contributed by atoms with E-state index in [4.69, 9.17) is 15.2 Å². The number of carbonyl (C=O) groups excluding carboxylic acids is 2. The van der Waals surface area contributed by atoms with Crippen molar-refractivity contribution in [2.24, 2.45) is 11.1 Å². The summed E-state index contributed by atoms with van der Waals surface area (Å²) in [6.45, 7) is 3.19. The molecule has 6 nitrogen and oxygen atoms in total. The van der Waals surface area contributed by atoms with E-state index in [2.05, 4.69) is 0 Å². The average molecular weight is 440 g/mol. The van der Waals surface area contributed by atoms with Crippen LogP contribution in [0.25, 0.3) is 0 Å². The van der Waals surface area contributed by atoms with E-state index in [9.17, 15) is 23.6 Å². The van der Waals surface area contributed by atoms with E-state index in [1.807, 2.05) is 6.07 Å². The van der Waals surface area contributed by atoms with Crippen LogP contribution < -0.4 is 5.73 Å². The maximum Gasteiger partial charge on any atom is 0.336 e. The predicted octanol–water partition coefficient (Wildman–Crippen LogP) is 3.69. The van der Waals surface area contributed by atoms with Gasteiger partial charge in [0, 0.05) is 11.8 Å². The number of carbonyl (C=O) groups is 2. The molecule has 1 aliphatic rings. The zero-order valence-electron chi connectivity index (χ0n) is 17.6. The number of nitrogens with two attached hydrogens (primary N) is 1. The van der Waals surface area contributed by atoms with Crippen LogP contribution in [0.2, 0.25) is 0 Å². The lowest BCUT2D eigenvalue weighted by Crippen LogP contribution is -2.40. The summed E-state index contributed by atoms with van der Waals surface area (Å²) >= 11 is 0. The van der Waals surface area contributed by atoms with Crippen LogP contribution >= 0.6 is 0 Å². The third kappa shape index (κ3) is 3.71. The number of esters is 2. The Morgan fingerprint density at radius 3 is 1.94 bits per heavy atom. The highest BCUT2D eigenvalue weighted by Gasteiger charge is 2.62. The molecule has 8 heteroatoms. The van der Waals surface area contributed by atoms with Crippen molar-refractivity contribution in [1.29, 1.82) is 5.26 Å². The normalized spacial score (nSPS) is 22.3. The van der Waals surface area contributed by atoms with Crippen LogP contribution in [0.5, 0.6) is 0 Å². The number of ether oxygens (including phenoxy) is 2. The first kappa shape index (κ1) is 22.9. The van der Waals surface area contributed by atoms with Crippen LogP contribution in [0.3, 0.4) is 0 Å². The molecule has 0 unspecified atom stereocenters. The Hall–Kier alpha value is -3.73. The van der Waals surface area contributed by atoms with Crippen molar-refractivity contribution in [1.82, 2.24) is 0 Å². The van der Waals surface area contributed by atoms with E-state index in [0.29, 0.717) is 11.1 Å². The molecule has 0 bridgehead atoms. The standard InChI is InChI=1S/C24H22F2N2O4/c1-3-31-22(29)19-18(14-5-9-16(25)10-6-14)20(15-7-11-17(26)12-8-15)24(13-27,21(19)28)23(30)32-4-2/h5-12,18,20H,3-4,28H2,1-2H3/t18-,20+,24-/m0/s1. The lowest BCUT2D eigenvalue weighted by molar-refractivity contribution is -0.151. The van der Waals surface area contributed by atoms with Crippen molar-refractivity contribution in [2.45, 2.75) is 25.7 Å². The highest BCUT2D eigenvalue weighted by Crippen LogP contribution is 2.59. The molecule has 2 aromatic rings. The van der Waals surface area contributed by atoms with Crippen molar-refractivity contribution in [3.8, 4) is 6.07 Å². The van der Waals surface area contributed by atoms with Gasteiger partial charge in [0.15, 0.2) is 0 Å². The van der Waals surface area contributed by atoms with E-state index < -0.39 is 40.8 Å². The summed E-state index contributed by atoms with van der Waals surface area (Å²) in [6, 6.07) is 12.5. The van der Waals surface area contributed by atoms with Gasteiger partial charge in [0.2, 0.25) is 5.41 Å². The number of nitriles is 1. The van der Waals surface area contributed by atoms with Gasteiger partial charge in [-0.05, 0) is 49.2 Å². The van der Waals surface area contributed by atoms with Gasteiger partial charge in [-0.1, -0.05) is 24.3 Å². The molecule has 0 saturated carbocycles. The minimum Gasteiger partial charge on any atom is -0.464 e. The van der Waals surface area contributed by atoms with Crippen molar-refractivity contribution in [2.75, 3.05) is 13.2 Å². The van der Waals surface area contributed by atoms with Crippen molar-refractivity contribution >= 4 is 11.9 Å². The van der Waals surface area contributed by atoms with E-state index in [-0.39, 0.29) is 24.5 Å². The molecule has 0 aliphatic heterocycles. The molecule has 3 atom stereocenters. The van der Waals surface area contributed by atoms with E-state index in [1.54, 1.807) is 13.8 Å². The van der Waals surface area contributed by atoms with E-state index >= 15 is 0 Å². The molecule has 0 amide bonds. The van der Waals surface area contributed by atoms with Crippen LogP contribution in [-0.2, 0) is 19.1 Å². The SMILES string of the molecule is CCOC(=O)C1=C(N)[C@@](C#N)(C(=O)OCC)[C@H](c2ccc(F)cc2)[C@H]1c1ccc(F)cc1. The molecule has 0 saturated heterocycles. The Bertz CT molecular complexity index is 1090. The first-order chi connectivity index (χ1) is 15.3. The molecular weight excluding hydrogens is 418 g/mol. The quantitative estimate of drug-likeness (QED) is 0.688. The van der Waals surface area contributed by atoms with E-state index in [0.717, 1.165) is 0 Å². The first-order valence-corrected chi connectivity index (χ1v) is 10.1. The molecule has 0 heterocycles. The largest absolute Gasteiger partial charge is 0.464 e. The zero-order valence-corrected chi connectivity index (χ0v) is 17.6. The van der Waals surface area contributed by atoms with Gasteiger partial charge >= 0.3 is 11.9 Å². The maximum absolute atomic E-state index is 13.7. The highest BCUT2D eigenvalue weighted by atomic mass is 19.1. The third-order valence-corrected chi connectivity index (χ3v) is 5.55. The predicted molar refractivity (Wildman–Crippen MR) is 111 cm³/mol. The number of nitrogens with zero attached hydrogens (tertiary/aromatic N) is 1. The fourth-order valence-electron chi connectivity index (χ4n) is 4.21. The lowest BCUT2D eigenvalue weighted by atomic mass is 9.69. The smallest absolute Gasteiger partial charge is 0.336 e. The summed E-state index contributed by atoms with van der Waals surface area (Å²) in [7, 11) is 0. The van der Waals surface area contributed by atoms with Gasteiger partial charge < -0.3 is 15.2 Å². The monoisotopic (exact) mass is 440 g/mol. The average Bonchev–Trinajstić information content (AvgIpc) is 3.04. The molecule has 0 fully saturated rings. The van der Waals surface area contributed by atoms with Crippen molar-refractivity contribution in [3.05, 3.63) is 82.6 Å². The molecule has 1 aliphatic carbocycles. The zero-order chi connectivity index (χ0) is 23.5. The summed E-state index contributed by atoms with van der Waals surface area (Å²) in [5.41, 5.74) is 4.73. The van der Waals surface area contributed by atoms with Crippen molar-refractivity contribution < 1.29 is 27.8 Å². The van der Waals surface area contributed by atoms with Crippen molar-refractivity contribution in [3.63, 3.8) is 0 Å². The van der Waals surface area contributed by atoms with Gasteiger partial charge in [-0.25, -0.2) is 18.4 Å². The van der Waals surface area contributed by atoms with Crippen LogP contribution in [0, 0.1) is 28.4 Å². The van der Waals surface area contributed by atoms with Gasteiger partial charge in [0.25, 0.3) is 0 Å². The topological polar surface area (TPSA) is 102 Å². The summed E-state index contributed by atoms with van der Waals surface area (Å²) in [4.78, 5) is 26.1. The molecule has 0 spiro atoms. The molecule has 0 aromatic heterocycles. The number of hydrogen-bond donors (Lipinski definition) is 1. The molecule has 3 rings (SSSR count). The van der Waals surface area contributed by atoms with Crippen LogP contribution in [0.4, 0.5) is 8.78 Å². The molecule has 166 valence electrons. The van der Waals surface area contributed by atoms with Gasteiger partial charge in [0.1, 0.15) is 11.6 Å². The summed E-state index contributed by atoms with van der Waals surface area (Å²) in [5, 5.41) is 10.3. The van der Waals surface area contributed by atoms with Gasteiger partial charge in [0.05, 0.1) is 30.6 Å². The second-order valence-corrected chi connectivity index (χ2v) is 7.25. The Morgan fingerprint density at radius 2 is 1.47 bits per heavy atom. The van der Waals surface area contributed by atoms with E-state index in [1.165, 1.54) is 48.5 Å². The van der Waals surface area contributed by atoms with Gasteiger partial charge in [-0.2, -0.15) is 5.26 Å². The maximum atomic E-state index is 13.7. The summed E-state index contributed by atoms with van der Waals surface area (Å²) in [5.74, 6) is -4.73. The minimum absolute atomic E-state index is 0.0262. The minimum atomic E-state index is -2.07. The Labute approximate surface area is 184 Å². The van der Waals surface area contributed by atoms with Gasteiger partial charge in [-0.15, -0.1) is 0 Å². The number of benzene rings is 2. The molecular formula is C24H22F2N2O4. The number of halogens is 2. The fraction of sp³-hybridized carbons (Fsp3) is 0.292. The molecule has 32 heavy (non-hydrogen) atoms. The first-order valence-electron chi connectivity index (χ1n) is 10.1. The fourth-order valence-corrected chi connectivity index (χ4v) is 4.21. The van der Waals surface area contributed by atoms with Gasteiger partial charge in [-0.3, -0.25) is 0 Å². The number of rotatable bonds is 6. The van der Waals surface area contributed by atoms with Crippen LogP contribution in [0.15, 0.2) is 59.8 Å². The molecule has 2 N–H and O–H groups in total. The summed E-state index contributed by atoms with van der Waals surface area (Å²) < 4.78 is 37.7. The van der Waals surface area contributed by atoms with Crippen LogP contribution in [-0.4, -0.2) is 25.2 Å². The third-order valence-electron chi connectivity index (χ3n) is 5.55. The van der Waals surface area contributed by atoms with Crippen LogP contribution in [0.1, 0.15) is 36.8 Å². The molecule has 0 radical (unpaired) electrons. The summed E-state index contributed by atoms with van der Waals surface area (Å²) in [6.07, 6.45) is 0. The second kappa shape index (κ2) is 9.18. The number of hydrogen-bond acceptors (Lipinski definition) is 6. The Morgan fingerprint density at radius 1 is 0.969 bits per heavy atom. The highest BCUT2D eigenvalue weighted by molar-refractivity contribution is 5.98. The lowest BCUT2D eigenvalue weighted by Gasteiger charge is -2.32. The Balaban J connectivity index is 2.36. The second-order valence-electron chi connectivity index (χ2n) is 7.25.